The van der Waals surface area contributed by atoms with Crippen molar-refractivity contribution in [2.24, 2.45) is 0 Å². The lowest BCUT2D eigenvalue weighted by Crippen LogP contribution is -2.17. The number of hydrogen-bond donors (Lipinski definition) is 1. The molecule has 3 nitrogen and oxygen atoms in total. The smallest absolute Gasteiger partial charge is 0.124 e. The van der Waals surface area contributed by atoms with Crippen LogP contribution in [0.3, 0.4) is 0 Å². The molecule has 1 rings (SSSR count). The number of aryl methyl sites for hydroxylation is 2. The second-order valence-corrected chi connectivity index (χ2v) is 3.85. The van der Waals surface area contributed by atoms with Crippen LogP contribution in [0.2, 0.25) is 0 Å². The van der Waals surface area contributed by atoms with E-state index in [0.717, 1.165) is 29.8 Å². The molecule has 0 saturated carbocycles. The van der Waals surface area contributed by atoms with Crippen LogP contribution in [-0.4, -0.2) is 20.2 Å². The molecule has 0 atom stereocenters. The van der Waals surface area contributed by atoms with E-state index in [2.05, 4.69) is 37.4 Å². The lowest BCUT2D eigenvalue weighted by atomic mass is 10.0. The number of rotatable bonds is 5. The number of methoxy groups -OCH3 is 1. The van der Waals surface area contributed by atoms with Crippen molar-refractivity contribution in [2.75, 3.05) is 20.2 Å². The number of nitriles is 1. The summed E-state index contributed by atoms with van der Waals surface area (Å²) in [4.78, 5) is 0. The molecule has 0 aromatic heterocycles. The number of benzene rings is 1. The van der Waals surface area contributed by atoms with Crippen LogP contribution >= 0.6 is 0 Å². The topological polar surface area (TPSA) is 45.0 Å². The van der Waals surface area contributed by atoms with Gasteiger partial charge in [0, 0.05) is 6.54 Å². The average molecular weight is 218 g/mol. The maximum atomic E-state index is 8.39. The summed E-state index contributed by atoms with van der Waals surface area (Å²) in [5, 5.41) is 11.4. The van der Waals surface area contributed by atoms with E-state index in [-0.39, 0.29) is 0 Å². The molecular formula is C13H18N2O. The molecule has 0 saturated heterocycles. The minimum atomic E-state index is 0.411. The third-order valence-corrected chi connectivity index (χ3v) is 2.52. The molecule has 1 aromatic carbocycles. The first kappa shape index (κ1) is 12.5. The van der Waals surface area contributed by atoms with Crippen LogP contribution in [0, 0.1) is 25.2 Å². The molecule has 0 heterocycles. The molecule has 86 valence electrons. The highest BCUT2D eigenvalue weighted by atomic mass is 16.5. The van der Waals surface area contributed by atoms with Crippen LogP contribution < -0.4 is 10.1 Å². The fourth-order valence-electron chi connectivity index (χ4n) is 1.88. The predicted octanol–water partition coefficient (Wildman–Crippen LogP) is 1.97. The molecule has 0 bridgehead atoms. The molecule has 0 unspecified atom stereocenters. The highest BCUT2D eigenvalue weighted by Crippen LogP contribution is 2.24. The normalized spacial score (nSPS) is 9.88. The van der Waals surface area contributed by atoms with Crippen molar-refractivity contribution in [3.8, 4) is 11.8 Å². The van der Waals surface area contributed by atoms with Crippen molar-refractivity contribution >= 4 is 0 Å². The zero-order valence-electron chi connectivity index (χ0n) is 10.1. The second kappa shape index (κ2) is 6.14. The molecule has 0 aliphatic carbocycles. The fourth-order valence-corrected chi connectivity index (χ4v) is 1.88. The average Bonchev–Trinajstić information content (AvgIpc) is 2.24. The molecule has 0 aliphatic rings. The van der Waals surface area contributed by atoms with E-state index in [4.69, 9.17) is 10.00 Å². The zero-order chi connectivity index (χ0) is 12.0. The predicted molar refractivity (Wildman–Crippen MR) is 64.7 cm³/mol. The number of ether oxygens (including phenoxy) is 1. The number of nitrogens with one attached hydrogen (secondary N) is 1. The summed E-state index contributed by atoms with van der Waals surface area (Å²) >= 11 is 0. The Kier molecular flexibility index (Phi) is 4.81. The largest absolute Gasteiger partial charge is 0.496 e. The van der Waals surface area contributed by atoms with Gasteiger partial charge in [-0.1, -0.05) is 12.1 Å². The lowest BCUT2D eigenvalue weighted by molar-refractivity contribution is 0.408. The molecule has 0 aliphatic heterocycles. The van der Waals surface area contributed by atoms with E-state index in [9.17, 15) is 0 Å². The van der Waals surface area contributed by atoms with Gasteiger partial charge in [0.2, 0.25) is 0 Å². The summed E-state index contributed by atoms with van der Waals surface area (Å²) in [5.41, 5.74) is 3.61. The Hall–Kier alpha value is -1.53. The Morgan fingerprint density at radius 3 is 2.44 bits per heavy atom. The van der Waals surface area contributed by atoms with Gasteiger partial charge in [0.15, 0.2) is 0 Å². The van der Waals surface area contributed by atoms with Gasteiger partial charge in [-0.2, -0.15) is 5.26 Å². The van der Waals surface area contributed by atoms with E-state index < -0.39 is 0 Å². The van der Waals surface area contributed by atoms with Crippen molar-refractivity contribution in [1.82, 2.24) is 5.32 Å². The highest BCUT2D eigenvalue weighted by molar-refractivity contribution is 5.43. The molecule has 1 aromatic rings. The van der Waals surface area contributed by atoms with E-state index >= 15 is 0 Å². The van der Waals surface area contributed by atoms with Gasteiger partial charge >= 0.3 is 0 Å². The van der Waals surface area contributed by atoms with Gasteiger partial charge in [-0.15, -0.1) is 0 Å². The summed E-state index contributed by atoms with van der Waals surface area (Å²) in [5.74, 6) is 0.966. The number of hydrogen-bond acceptors (Lipinski definition) is 3. The maximum absolute atomic E-state index is 8.39. The molecular weight excluding hydrogens is 200 g/mol. The van der Waals surface area contributed by atoms with Crippen molar-refractivity contribution < 1.29 is 4.74 Å². The zero-order valence-corrected chi connectivity index (χ0v) is 10.1. The molecule has 16 heavy (non-hydrogen) atoms. The van der Waals surface area contributed by atoms with Crippen LogP contribution in [0.4, 0.5) is 0 Å². The Labute approximate surface area is 97.0 Å². The monoisotopic (exact) mass is 218 g/mol. The Balaban J connectivity index is 2.65. The summed E-state index contributed by atoms with van der Waals surface area (Å²) in [6.45, 7) is 5.35. The van der Waals surface area contributed by atoms with Gasteiger partial charge in [-0.25, -0.2) is 0 Å². The summed E-state index contributed by atoms with van der Waals surface area (Å²) in [6, 6.07) is 6.34. The first-order chi connectivity index (χ1) is 7.69. The van der Waals surface area contributed by atoms with Gasteiger partial charge in [0.25, 0.3) is 0 Å². The first-order valence-corrected chi connectivity index (χ1v) is 5.40. The van der Waals surface area contributed by atoms with Gasteiger partial charge < -0.3 is 10.1 Å². The molecule has 0 radical (unpaired) electrons. The van der Waals surface area contributed by atoms with Crippen LogP contribution in [0.5, 0.6) is 5.75 Å². The minimum absolute atomic E-state index is 0.411. The summed E-state index contributed by atoms with van der Waals surface area (Å²) in [7, 11) is 1.70. The van der Waals surface area contributed by atoms with Gasteiger partial charge in [0.1, 0.15) is 5.75 Å². The highest BCUT2D eigenvalue weighted by Gasteiger charge is 2.04. The minimum Gasteiger partial charge on any atom is -0.496 e. The molecule has 0 spiro atoms. The van der Waals surface area contributed by atoms with E-state index in [1.165, 1.54) is 5.56 Å². The fraction of sp³-hybridized carbons (Fsp3) is 0.462. The van der Waals surface area contributed by atoms with E-state index in [0.29, 0.717) is 6.54 Å². The van der Waals surface area contributed by atoms with Crippen LogP contribution in [0.1, 0.15) is 16.7 Å². The summed E-state index contributed by atoms with van der Waals surface area (Å²) < 4.78 is 5.32. The van der Waals surface area contributed by atoms with Crippen molar-refractivity contribution in [3.63, 3.8) is 0 Å². The second-order valence-electron chi connectivity index (χ2n) is 3.85. The third-order valence-electron chi connectivity index (χ3n) is 2.52. The number of nitrogens with zero attached hydrogens (tertiary/aromatic N) is 1. The third kappa shape index (κ3) is 3.25. The van der Waals surface area contributed by atoms with Crippen LogP contribution in [0.15, 0.2) is 12.1 Å². The first-order valence-electron chi connectivity index (χ1n) is 5.40. The van der Waals surface area contributed by atoms with Crippen molar-refractivity contribution in [2.45, 2.75) is 20.3 Å². The van der Waals surface area contributed by atoms with Gasteiger partial charge in [-0.05, 0) is 37.0 Å². The van der Waals surface area contributed by atoms with Crippen LogP contribution in [0.25, 0.3) is 0 Å². The SMILES string of the molecule is COc1c(C)cc(CCNCC#N)cc1C. The molecule has 0 fully saturated rings. The Morgan fingerprint density at radius 1 is 1.31 bits per heavy atom. The molecule has 1 N–H and O–H groups in total. The van der Waals surface area contributed by atoms with Gasteiger partial charge in [0.05, 0.1) is 19.7 Å². The van der Waals surface area contributed by atoms with Crippen molar-refractivity contribution in [1.29, 1.82) is 5.26 Å². The van der Waals surface area contributed by atoms with Crippen molar-refractivity contribution in [3.05, 3.63) is 28.8 Å². The Bertz CT molecular complexity index is 370. The quantitative estimate of drug-likeness (QED) is 0.607. The molecule has 3 heteroatoms. The van der Waals surface area contributed by atoms with E-state index in [1.54, 1.807) is 7.11 Å². The van der Waals surface area contributed by atoms with Gasteiger partial charge in [-0.3, -0.25) is 0 Å². The summed E-state index contributed by atoms with van der Waals surface area (Å²) in [6.07, 6.45) is 0.938. The van der Waals surface area contributed by atoms with E-state index in [1.807, 2.05) is 0 Å². The standard InChI is InChI=1S/C13H18N2O/c1-10-8-12(4-6-15-7-5-14)9-11(2)13(10)16-3/h8-9,15H,4,6-7H2,1-3H3. The Morgan fingerprint density at radius 2 is 1.94 bits per heavy atom. The van der Waals surface area contributed by atoms with Crippen LogP contribution in [-0.2, 0) is 6.42 Å². The lowest BCUT2D eigenvalue weighted by Gasteiger charge is -2.11. The molecule has 0 amide bonds. The maximum Gasteiger partial charge on any atom is 0.124 e.